The summed E-state index contributed by atoms with van der Waals surface area (Å²) in [4.78, 5) is 11.4. The summed E-state index contributed by atoms with van der Waals surface area (Å²) in [6.07, 6.45) is 1.33. The molecule has 1 aromatic rings. The largest absolute Gasteiger partial charge is 0.492 e. The number of nitrogens with zero attached hydrogens (tertiary/aromatic N) is 1. The molecular formula is C22H32ClFN2O3Si. The monoisotopic (exact) mass is 454 g/mol. The number of hydrogen-bond acceptors (Lipinski definition) is 4. The number of amides is 1. The molecular weight excluding hydrogens is 423 g/mol. The second-order valence-corrected chi connectivity index (χ2v) is 15.2. The zero-order valence-electron chi connectivity index (χ0n) is 18.6. The van der Waals surface area contributed by atoms with Gasteiger partial charge >= 0.3 is 0 Å². The fraction of sp³-hybridized carbons (Fsp3) is 0.636. The van der Waals surface area contributed by atoms with Crippen LogP contribution in [-0.4, -0.2) is 33.2 Å². The van der Waals surface area contributed by atoms with Crippen molar-refractivity contribution >= 4 is 31.5 Å². The van der Waals surface area contributed by atoms with E-state index in [4.69, 9.17) is 20.8 Å². The van der Waals surface area contributed by atoms with E-state index in [0.29, 0.717) is 35.5 Å². The molecule has 1 saturated carbocycles. The minimum Gasteiger partial charge on any atom is -0.492 e. The highest BCUT2D eigenvalue weighted by Crippen LogP contribution is 2.43. The lowest BCUT2D eigenvalue weighted by atomic mass is 9.94. The Labute approximate surface area is 184 Å². The molecule has 1 amide bonds. The van der Waals surface area contributed by atoms with Crippen LogP contribution in [0.25, 0.3) is 0 Å². The van der Waals surface area contributed by atoms with Crippen LogP contribution in [0.5, 0.6) is 5.75 Å². The summed E-state index contributed by atoms with van der Waals surface area (Å²) in [5.41, 5.74) is 3.20. The summed E-state index contributed by atoms with van der Waals surface area (Å²) in [7, 11) is -1.74. The van der Waals surface area contributed by atoms with E-state index in [1.165, 1.54) is 0 Å². The first kappa shape index (κ1) is 23.2. The number of carbonyl (C=O) groups is 1. The lowest BCUT2D eigenvalue weighted by Crippen LogP contribution is -2.41. The molecule has 1 aromatic carbocycles. The molecule has 5 nitrogen and oxygen atoms in total. The van der Waals surface area contributed by atoms with Crippen LogP contribution < -0.4 is 10.2 Å². The summed E-state index contributed by atoms with van der Waals surface area (Å²) in [6.45, 7) is 14.3. The number of ether oxygens (including phenoxy) is 1. The molecule has 0 radical (unpaired) electrons. The van der Waals surface area contributed by atoms with Crippen LogP contribution in [0, 0.1) is 23.6 Å². The van der Waals surface area contributed by atoms with Gasteiger partial charge in [0.05, 0.1) is 12.3 Å². The average molecular weight is 455 g/mol. The third-order valence-corrected chi connectivity index (χ3v) is 11.4. The molecule has 8 heteroatoms. The Morgan fingerprint density at radius 3 is 2.57 bits per heavy atom. The van der Waals surface area contributed by atoms with Crippen molar-refractivity contribution in [2.75, 3.05) is 13.2 Å². The second-order valence-electron chi connectivity index (χ2n) is 10.0. The van der Waals surface area contributed by atoms with Gasteiger partial charge in [0, 0.05) is 24.5 Å². The Balaban J connectivity index is 1.56. The number of halogens is 2. The second kappa shape index (κ2) is 8.59. The third kappa shape index (κ3) is 5.06. The molecule has 3 atom stereocenters. The van der Waals surface area contributed by atoms with Crippen molar-refractivity contribution in [2.45, 2.75) is 58.7 Å². The first-order chi connectivity index (χ1) is 13.9. The highest BCUT2D eigenvalue weighted by Gasteiger charge is 2.42. The molecule has 166 valence electrons. The fourth-order valence-electron chi connectivity index (χ4n) is 3.27. The van der Waals surface area contributed by atoms with Gasteiger partial charge in [-0.3, -0.25) is 4.79 Å². The summed E-state index contributed by atoms with van der Waals surface area (Å²) < 4.78 is 27.0. The van der Waals surface area contributed by atoms with Crippen molar-refractivity contribution in [3.05, 3.63) is 28.5 Å². The van der Waals surface area contributed by atoms with Crippen LogP contribution >= 0.6 is 11.6 Å². The van der Waals surface area contributed by atoms with Gasteiger partial charge in [0.25, 0.3) is 0 Å². The van der Waals surface area contributed by atoms with Crippen molar-refractivity contribution in [2.24, 2.45) is 22.9 Å². The topological polar surface area (TPSA) is 59.9 Å². The lowest BCUT2D eigenvalue weighted by Gasteiger charge is -2.36. The fourth-order valence-corrected chi connectivity index (χ4v) is 4.55. The quantitative estimate of drug-likeness (QED) is 0.563. The van der Waals surface area contributed by atoms with E-state index in [1.807, 2.05) is 6.92 Å². The van der Waals surface area contributed by atoms with Crippen LogP contribution in [0.15, 0.2) is 17.2 Å². The molecule has 3 unspecified atom stereocenters. The number of benzene rings is 1. The van der Waals surface area contributed by atoms with Gasteiger partial charge in [0.2, 0.25) is 5.91 Å². The first-order valence-corrected chi connectivity index (χ1v) is 13.8. The van der Waals surface area contributed by atoms with Gasteiger partial charge in [-0.25, -0.2) is 9.82 Å². The van der Waals surface area contributed by atoms with Crippen molar-refractivity contribution in [1.29, 1.82) is 0 Å². The van der Waals surface area contributed by atoms with E-state index >= 15 is 0 Å². The summed E-state index contributed by atoms with van der Waals surface area (Å²) in [5.74, 6) is 0.319. The predicted octanol–water partition coefficient (Wildman–Crippen LogP) is 5.38. The zero-order chi connectivity index (χ0) is 22.3. The summed E-state index contributed by atoms with van der Waals surface area (Å²) in [5, 5.41) is 4.16. The third-order valence-electron chi connectivity index (χ3n) is 6.57. The maximum absolute atomic E-state index is 14.9. The van der Waals surface area contributed by atoms with E-state index < -0.39 is 14.1 Å². The maximum Gasteiger partial charge on any atom is 0.240 e. The Kier molecular flexibility index (Phi) is 6.65. The number of rotatable bonds is 7. The summed E-state index contributed by atoms with van der Waals surface area (Å²) >= 11 is 6.24. The van der Waals surface area contributed by atoms with Crippen molar-refractivity contribution in [3.8, 4) is 5.75 Å². The Bertz CT molecular complexity index is 854. The predicted molar refractivity (Wildman–Crippen MR) is 120 cm³/mol. The van der Waals surface area contributed by atoms with Gasteiger partial charge in [-0.05, 0) is 48.5 Å². The van der Waals surface area contributed by atoms with Crippen molar-refractivity contribution in [3.63, 3.8) is 0 Å². The lowest BCUT2D eigenvalue weighted by molar-refractivity contribution is -0.121. The van der Waals surface area contributed by atoms with Crippen LogP contribution in [0.4, 0.5) is 4.39 Å². The molecule has 1 N–H and O–H groups in total. The van der Waals surface area contributed by atoms with Crippen LogP contribution in [0.1, 0.15) is 46.1 Å². The van der Waals surface area contributed by atoms with Crippen LogP contribution in [0.3, 0.4) is 0 Å². The highest BCUT2D eigenvalue weighted by atomic mass is 35.5. The molecule has 0 spiro atoms. The molecule has 1 aliphatic heterocycles. The minimum atomic E-state index is -1.74. The normalized spacial score (nSPS) is 24.3. The smallest absolute Gasteiger partial charge is 0.240 e. The van der Waals surface area contributed by atoms with Gasteiger partial charge in [-0.15, -0.1) is 0 Å². The Morgan fingerprint density at radius 2 is 1.93 bits per heavy atom. The van der Waals surface area contributed by atoms with E-state index in [-0.39, 0.29) is 28.3 Å². The highest BCUT2D eigenvalue weighted by molar-refractivity contribution is 6.74. The van der Waals surface area contributed by atoms with Crippen LogP contribution in [0.2, 0.25) is 23.2 Å². The maximum atomic E-state index is 14.9. The summed E-state index contributed by atoms with van der Waals surface area (Å²) in [6, 6.07) is 3.30. The SMILES string of the molecule is CC1CC(=O)NN=C1c1ccc(OCC2CC2CO[Si](C)(C)C(C)(C)C)c(Cl)c1F. The molecule has 0 aromatic heterocycles. The van der Waals surface area contributed by atoms with Gasteiger partial charge in [-0.2, -0.15) is 5.10 Å². The Morgan fingerprint density at radius 1 is 1.27 bits per heavy atom. The minimum absolute atomic E-state index is 0.0472. The van der Waals surface area contributed by atoms with E-state index in [0.717, 1.165) is 13.0 Å². The van der Waals surface area contributed by atoms with Gasteiger partial charge < -0.3 is 9.16 Å². The van der Waals surface area contributed by atoms with Crippen molar-refractivity contribution in [1.82, 2.24) is 5.43 Å². The first-order valence-electron chi connectivity index (χ1n) is 10.5. The molecule has 30 heavy (non-hydrogen) atoms. The van der Waals surface area contributed by atoms with Crippen molar-refractivity contribution < 1.29 is 18.3 Å². The van der Waals surface area contributed by atoms with Gasteiger partial charge in [0.15, 0.2) is 14.1 Å². The standard InChI is InChI=1S/C22H32ClFN2O3Si/c1-13-9-18(27)25-26-21(13)16-7-8-17(19(23)20(16)24)28-11-14-10-15(14)12-29-30(5,6)22(2,3)4/h7-8,13-15H,9-12H2,1-6H3,(H,25,27). The molecule has 1 aliphatic carbocycles. The number of carbonyl (C=O) groups excluding carboxylic acids is 1. The van der Waals surface area contributed by atoms with E-state index in [9.17, 15) is 9.18 Å². The van der Waals surface area contributed by atoms with Crippen LogP contribution in [-0.2, 0) is 9.22 Å². The number of nitrogens with one attached hydrogen (secondary N) is 1. The molecule has 1 heterocycles. The number of hydrazone groups is 1. The van der Waals surface area contributed by atoms with Gasteiger partial charge in [-0.1, -0.05) is 39.3 Å². The van der Waals surface area contributed by atoms with Gasteiger partial charge in [0.1, 0.15) is 10.8 Å². The molecule has 0 saturated heterocycles. The van der Waals surface area contributed by atoms with E-state index in [2.05, 4.69) is 44.4 Å². The zero-order valence-corrected chi connectivity index (χ0v) is 20.4. The van der Waals surface area contributed by atoms with E-state index in [1.54, 1.807) is 12.1 Å². The number of hydrogen-bond donors (Lipinski definition) is 1. The molecule has 2 aliphatic rings. The molecule has 1 fully saturated rings. The molecule has 0 bridgehead atoms. The molecule has 3 rings (SSSR count). The average Bonchev–Trinajstić information content (AvgIpc) is 3.40. The Hall–Kier alpha value is -1.44.